The van der Waals surface area contributed by atoms with Crippen molar-refractivity contribution in [3.8, 4) is 5.75 Å². The first-order valence-electron chi connectivity index (χ1n) is 6.89. The number of hydrogen-bond donors (Lipinski definition) is 1. The Morgan fingerprint density at radius 1 is 1.22 bits per heavy atom. The van der Waals surface area contributed by atoms with Gasteiger partial charge >= 0.3 is 6.18 Å². The number of ether oxygens (including phenoxy) is 2. The molecule has 23 heavy (non-hydrogen) atoms. The maximum absolute atomic E-state index is 12.4. The second-order valence-corrected chi connectivity index (χ2v) is 4.71. The molecule has 0 saturated carbocycles. The Kier molecular flexibility index (Phi) is 7.89. The van der Waals surface area contributed by atoms with Crippen molar-refractivity contribution < 1.29 is 22.6 Å². The largest absolute Gasteiger partial charge is 0.492 e. The maximum atomic E-state index is 12.4. The first-order chi connectivity index (χ1) is 10.5. The Labute approximate surface area is 149 Å². The molecule has 1 aliphatic rings. The lowest BCUT2D eigenvalue weighted by atomic mass is 10.2. The van der Waals surface area contributed by atoms with Crippen molar-refractivity contribution in [3.05, 3.63) is 29.8 Å². The fraction of sp³-hybridized carbons (Fsp3) is 0.500. The summed E-state index contributed by atoms with van der Waals surface area (Å²) < 4.78 is 47.8. The lowest BCUT2D eigenvalue weighted by molar-refractivity contribution is -0.137. The Morgan fingerprint density at radius 3 is 2.39 bits per heavy atom. The van der Waals surface area contributed by atoms with E-state index in [1.165, 1.54) is 12.1 Å². The van der Waals surface area contributed by atoms with Gasteiger partial charge in [-0.05, 0) is 24.3 Å². The fourth-order valence-electron chi connectivity index (χ4n) is 1.96. The van der Waals surface area contributed by atoms with E-state index in [2.05, 4.69) is 4.99 Å². The number of rotatable bonds is 4. The molecule has 0 amide bonds. The van der Waals surface area contributed by atoms with Crippen LogP contribution < -0.4 is 10.5 Å². The predicted molar refractivity (Wildman–Crippen MR) is 91.2 cm³/mol. The monoisotopic (exact) mass is 445 g/mol. The first-order valence-corrected chi connectivity index (χ1v) is 6.89. The van der Waals surface area contributed by atoms with Gasteiger partial charge in [0.2, 0.25) is 0 Å². The summed E-state index contributed by atoms with van der Waals surface area (Å²) in [5.74, 6) is 0.799. The van der Waals surface area contributed by atoms with E-state index in [0.717, 1.165) is 12.1 Å². The van der Waals surface area contributed by atoms with E-state index in [0.29, 0.717) is 44.6 Å². The van der Waals surface area contributed by atoms with Gasteiger partial charge in [0.05, 0.1) is 25.3 Å². The van der Waals surface area contributed by atoms with E-state index >= 15 is 0 Å². The molecule has 5 nitrogen and oxygen atoms in total. The summed E-state index contributed by atoms with van der Waals surface area (Å²) >= 11 is 0. The van der Waals surface area contributed by atoms with Crippen LogP contribution in [0.4, 0.5) is 13.2 Å². The van der Waals surface area contributed by atoms with Crippen LogP contribution in [0.15, 0.2) is 29.3 Å². The number of hydrogen-bond acceptors (Lipinski definition) is 3. The summed E-state index contributed by atoms with van der Waals surface area (Å²) in [6.07, 6.45) is -4.34. The molecule has 0 bridgehead atoms. The van der Waals surface area contributed by atoms with Crippen LogP contribution in [0.25, 0.3) is 0 Å². The Hall–Kier alpha value is -1.23. The average Bonchev–Trinajstić information content (AvgIpc) is 2.52. The molecular formula is C14H19F3IN3O2. The number of halogens is 4. The van der Waals surface area contributed by atoms with Gasteiger partial charge in [-0.2, -0.15) is 13.2 Å². The molecule has 1 aromatic carbocycles. The third-order valence-electron chi connectivity index (χ3n) is 3.15. The van der Waals surface area contributed by atoms with Crippen LogP contribution >= 0.6 is 24.0 Å². The Morgan fingerprint density at radius 2 is 1.83 bits per heavy atom. The molecule has 2 N–H and O–H groups in total. The molecule has 1 fully saturated rings. The normalized spacial score (nSPS) is 16.0. The minimum Gasteiger partial charge on any atom is -0.492 e. The van der Waals surface area contributed by atoms with Crippen molar-refractivity contribution in [1.29, 1.82) is 0 Å². The number of morpholine rings is 1. The highest BCUT2D eigenvalue weighted by Crippen LogP contribution is 2.30. The quantitative estimate of drug-likeness (QED) is 0.335. The molecule has 0 unspecified atom stereocenters. The maximum Gasteiger partial charge on any atom is 0.416 e. The van der Waals surface area contributed by atoms with Gasteiger partial charge < -0.3 is 20.1 Å². The molecule has 2 rings (SSSR count). The molecule has 1 saturated heterocycles. The second kappa shape index (κ2) is 9.16. The third kappa shape index (κ3) is 6.42. The van der Waals surface area contributed by atoms with Gasteiger partial charge in [0.15, 0.2) is 5.96 Å². The van der Waals surface area contributed by atoms with Crippen LogP contribution in [0.1, 0.15) is 5.56 Å². The molecule has 0 aromatic heterocycles. The molecular weight excluding hydrogens is 426 g/mol. The van der Waals surface area contributed by atoms with E-state index in [1.54, 1.807) is 0 Å². The zero-order valence-corrected chi connectivity index (χ0v) is 14.7. The summed E-state index contributed by atoms with van der Waals surface area (Å²) in [6, 6.07) is 4.55. The second-order valence-electron chi connectivity index (χ2n) is 4.71. The fourth-order valence-corrected chi connectivity index (χ4v) is 1.96. The van der Waals surface area contributed by atoms with Crippen LogP contribution in [0.5, 0.6) is 5.75 Å². The van der Waals surface area contributed by atoms with Gasteiger partial charge in [-0.15, -0.1) is 24.0 Å². The van der Waals surface area contributed by atoms with Crippen molar-refractivity contribution in [1.82, 2.24) is 4.90 Å². The minimum absolute atomic E-state index is 0. The number of benzene rings is 1. The van der Waals surface area contributed by atoms with Gasteiger partial charge in [0.25, 0.3) is 0 Å². The molecule has 0 aliphatic carbocycles. The highest BCUT2D eigenvalue weighted by molar-refractivity contribution is 14.0. The Balaban J connectivity index is 0.00000264. The number of guanidine groups is 1. The topological polar surface area (TPSA) is 60.1 Å². The number of nitrogens with zero attached hydrogens (tertiary/aromatic N) is 2. The number of aliphatic imine (C=N–C) groups is 1. The molecule has 0 atom stereocenters. The zero-order chi connectivity index (χ0) is 16.0. The third-order valence-corrected chi connectivity index (χ3v) is 3.15. The number of alkyl halides is 3. The lowest BCUT2D eigenvalue weighted by Gasteiger charge is -2.27. The molecule has 1 aliphatic heterocycles. The highest BCUT2D eigenvalue weighted by Gasteiger charge is 2.29. The molecule has 1 heterocycles. The molecule has 9 heteroatoms. The van der Waals surface area contributed by atoms with Crippen molar-refractivity contribution in [2.24, 2.45) is 10.7 Å². The van der Waals surface area contributed by atoms with E-state index < -0.39 is 11.7 Å². The van der Waals surface area contributed by atoms with Crippen molar-refractivity contribution in [2.45, 2.75) is 6.18 Å². The van der Waals surface area contributed by atoms with Crippen LogP contribution in [0, 0.1) is 0 Å². The van der Waals surface area contributed by atoms with Gasteiger partial charge in [0, 0.05) is 13.1 Å². The number of nitrogens with two attached hydrogens (primary N) is 1. The van der Waals surface area contributed by atoms with Gasteiger partial charge in [-0.1, -0.05) is 0 Å². The summed E-state index contributed by atoms with van der Waals surface area (Å²) in [5.41, 5.74) is 5.14. The first kappa shape index (κ1) is 19.8. The van der Waals surface area contributed by atoms with Crippen LogP contribution in [-0.2, 0) is 10.9 Å². The summed E-state index contributed by atoms with van der Waals surface area (Å²) in [4.78, 5) is 6.10. The van der Waals surface area contributed by atoms with E-state index in [-0.39, 0.29) is 30.6 Å². The molecule has 130 valence electrons. The van der Waals surface area contributed by atoms with Crippen LogP contribution in [-0.4, -0.2) is 50.3 Å². The highest BCUT2D eigenvalue weighted by atomic mass is 127. The van der Waals surface area contributed by atoms with Crippen molar-refractivity contribution in [3.63, 3.8) is 0 Å². The lowest BCUT2D eigenvalue weighted by Crippen LogP contribution is -2.45. The molecule has 1 aromatic rings. The summed E-state index contributed by atoms with van der Waals surface area (Å²) in [6.45, 7) is 3.24. The summed E-state index contributed by atoms with van der Waals surface area (Å²) in [5, 5.41) is 0. The van der Waals surface area contributed by atoms with Gasteiger partial charge in [0.1, 0.15) is 12.4 Å². The van der Waals surface area contributed by atoms with Crippen LogP contribution in [0.2, 0.25) is 0 Å². The van der Waals surface area contributed by atoms with E-state index in [4.69, 9.17) is 15.2 Å². The Bertz CT molecular complexity index is 503. The smallest absolute Gasteiger partial charge is 0.416 e. The summed E-state index contributed by atoms with van der Waals surface area (Å²) in [7, 11) is 0. The molecule has 0 spiro atoms. The zero-order valence-electron chi connectivity index (χ0n) is 12.4. The van der Waals surface area contributed by atoms with Gasteiger partial charge in [-0.25, -0.2) is 4.99 Å². The van der Waals surface area contributed by atoms with Crippen LogP contribution in [0.3, 0.4) is 0 Å². The van der Waals surface area contributed by atoms with E-state index in [9.17, 15) is 13.2 Å². The predicted octanol–water partition coefficient (Wildman–Crippen LogP) is 2.35. The van der Waals surface area contributed by atoms with E-state index in [1.807, 2.05) is 4.90 Å². The standard InChI is InChI=1S/C14H18F3N3O2.HI/c15-14(16,17)11-1-3-12(4-2-11)22-8-5-19-13(18)20-6-9-21-10-7-20;/h1-4H,5-10H2,(H2,18,19);1H. The van der Waals surface area contributed by atoms with Gasteiger partial charge in [-0.3, -0.25) is 0 Å². The molecule has 0 radical (unpaired) electrons. The minimum atomic E-state index is -4.34. The average molecular weight is 445 g/mol. The van der Waals surface area contributed by atoms with Crippen molar-refractivity contribution >= 4 is 29.9 Å². The van der Waals surface area contributed by atoms with Crippen molar-refractivity contribution in [2.75, 3.05) is 39.5 Å². The SMILES string of the molecule is I.NC(=NCCOc1ccc(C(F)(F)F)cc1)N1CCOCC1.